The van der Waals surface area contributed by atoms with Crippen LogP contribution in [0.3, 0.4) is 0 Å². The van der Waals surface area contributed by atoms with Crippen LogP contribution in [-0.2, 0) is 22.3 Å². The quantitative estimate of drug-likeness (QED) is 0.588. The average molecular weight is 428 g/mol. The molecule has 3 rings (SSSR count). The van der Waals surface area contributed by atoms with Crippen LogP contribution in [0.25, 0.3) is 0 Å². The van der Waals surface area contributed by atoms with E-state index in [1.54, 1.807) is 11.9 Å². The van der Waals surface area contributed by atoms with Crippen LogP contribution in [-0.4, -0.2) is 74.7 Å². The summed E-state index contributed by atoms with van der Waals surface area (Å²) in [6, 6.07) is 3.90. The second-order valence-electron chi connectivity index (χ2n) is 7.24. The highest BCUT2D eigenvalue weighted by Gasteiger charge is 2.34. The molecule has 2 aliphatic heterocycles. The summed E-state index contributed by atoms with van der Waals surface area (Å²) in [5.74, 6) is 0.675. The van der Waals surface area contributed by atoms with Crippen LogP contribution in [0.4, 0.5) is 13.2 Å². The van der Waals surface area contributed by atoms with E-state index in [-0.39, 0.29) is 29.9 Å². The van der Waals surface area contributed by atoms with Crippen molar-refractivity contribution in [2.75, 3.05) is 46.9 Å². The van der Waals surface area contributed by atoms with Gasteiger partial charge in [-0.05, 0) is 30.5 Å². The summed E-state index contributed by atoms with van der Waals surface area (Å²) in [5.41, 5.74) is -0.631. The Balaban J connectivity index is 1.59. The van der Waals surface area contributed by atoms with E-state index in [1.165, 1.54) is 19.2 Å². The van der Waals surface area contributed by atoms with Crippen LogP contribution in [0, 0.1) is 0 Å². The fraction of sp³-hybridized carbons (Fsp3) is 0.600. The highest BCUT2D eigenvalue weighted by molar-refractivity contribution is 5.82. The first-order valence-corrected chi connectivity index (χ1v) is 9.93. The molecule has 2 heterocycles. The van der Waals surface area contributed by atoms with E-state index in [1.807, 2.05) is 4.90 Å². The monoisotopic (exact) mass is 428 g/mol. The van der Waals surface area contributed by atoms with Crippen molar-refractivity contribution < 1.29 is 27.4 Å². The third-order valence-electron chi connectivity index (χ3n) is 5.37. The molecule has 2 fully saturated rings. The molecule has 1 amide bonds. The molecule has 0 saturated carbocycles. The van der Waals surface area contributed by atoms with E-state index in [0.717, 1.165) is 18.9 Å². The number of alkyl halides is 3. The van der Waals surface area contributed by atoms with Crippen LogP contribution in [0.15, 0.2) is 23.2 Å². The molecule has 2 aliphatic rings. The second-order valence-corrected chi connectivity index (χ2v) is 7.24. The topological polar surface area (TPSA) is 66.4 Å². The Kier molecular flexibility index (Phi) is 7.06. The molecule has 0 bridgehead atoms. The number of rotatable bonds is 4. The number of aliphatic imine (C=N–C) groups is 1. The Hall–Kier alpha value is -2.49. The Labute approximate surface area is 173 Å². The Morgan fingerprint density at radius 1 is 1.27 bits per heavy atom. The number of halogens is 3. The van der Waals surface area contributed by atoms with Crippen molar-refractivity contribution in [2.45, 2.75) is 31.7 Å². The van der Waals surface area contributed by atoms with Gasteiger partial charge in [0.1, 0.15) is 11.9 Å². The number of amides is 1. The minimum Gasteiger partial charge on any atom is -0.497 e. The second kappa shape index (κ2) is 9.55. The van der Waals surface area contributed by atoms with Crippen molar-refractivity contribution in [3.63, 3.8) is 0 Å². The summed E-state index contributed by atoms with van der Waals surface area (Å²) in [5, 5.41) is 3.01. The predicted octanol–water partition coefficient (Wildman–Crippen LogP) is 2.11. The highest BCUT2D eigenvalue weighted by Crippen LogP contribution is 2.34. The minimum atomic E-state index is -4.48. The molecule has 166 valence electrons. The number of benzene rings is 1. The van der Waals surface area contributed by atoms with Crippen molar-refractivity contribution in [3.05, 3.63) is 29.3 Å². The maximum Gasteiger partial charge on any atom is 0.416 e. The molecule has 0 radical (unpaired) electrons. The number of ether oxygens (including phenoxy) is 2. The van der Waals surface area contributed by atoms with Gasteiger partial charge in [-0.1, -0.05) is 6.07 Å². The molecule has 30 heavy (non-hydrogen) atoms. The third-order valence-corrected chi connectivity index (χ3v) is 5.37. The van der Waals surface area contributed by atoms with E-state index < -0.39 is 11.7 Å². The lowest BCUT2D eigenvalue weighted by Gasteiger charge is -2.37. The number of guanidine groups is 1. The zero-order chi connectivity index (χ0) is 21.7. The molecule has 1 N–H and O–H groups in total. The molecule has 0 aliphatic carbocycles. The number of methoxy groups -OCH3 is 1. The van der Waals surface area contributed by atoms with Crippen molar-refractivity contribution in [3.8, 4) is 5.75 Å². The maximum atomic E-state index is 13.4. The van der Waals surface area contributed by atoms with Gasteiger partial charge in [0.05, 0.1) is 12.7 Å². The Bertz CT molecular complexity index is 771. The SMILES string of the molecule is CN=C(NCc1ccc(OC)cc1C(F)(F)F)N1CCN(C(=O)C2CCCO2)CC1. The summed E-state index contributed by atoms with van der Waals surface area (Å²) in [6.45, 7) is 2.74. The predicted molar refractivity (Wildman–Crippen MR) is 105 cm³/mol. The Morgan fingerprint density at radius 3 is 2.53 bits per heavy atom. The highest BCUT2D eigenvalue weighted by atomic mass is 19.4. The standard InChI is InChI=1S/C20H27F3N4O3/c1-24-19(25-13-14-5-6-15(29-2)12-16(14)20(21,22)23)27-9-7-26(8-10-27)18(28)17-4-3-11-30-17/h5-6,12,17H,3-4,7-11,13H2,1-2H3,(H,24,25). The lowest BCUT2D eigenvalue weighted by molar-refractivity contribution is -0.142. The molecule has 0 spiro atoms. The van der Waals surface area contributed by atoms with E-state index in [9.17, 15) is 18.0 Å². The van der Waals surface area contributed by atoms with Gasteiger partial charge in [-0.25, -0.2) is 0 Å². The lowest BCUT2D eigenvalue weighted by atomic mass is 10.1. The number of hydrogen-bond acceptors (Lipinski definition) is 4. The van der Waals surface area contributed by atoms with Gasteiger partial charge in [0.2, 0.25) is 0 Å². The minimum absolute atomic E-state index is 0.0168. The van der Waals surface area contributed by atoms with Crippen molar-refractivity contribution in [1.82, 2.24) is 15.1 Å². The van der Waals surface area contributed by atoms with Crippen molar-refractivity contribution in [1.29, 1.82) is 0 Å². The number of carbonyl (C=O) groups is 1. The molecular weight excluding hydrogens is 401 g/mol. The first-order valence-electron chi connectivity index (χ1n) is 9.93. The van der Waals surface area contributed by atoms with Gasteiger partial charge in [-0.3, -0.25) is 9.79 Å². The molecule has 2 saturated heterocycles. The van der Waals surface area contributed by atoms with Crippen LogP contribution in [0.5, 0.6) is 5.75 Å². The number of hydrogen-bond donors (Lipinski definition) is 1. The van der Waals surface area contributed by atoms with Gasteiger partial charge in [-0.15, -0.1) is 0 Å². The molecule has 10 heteroatoms. The fourth-order valence-corrected chi connectivity index (χ4v) is 3.72. The number of nitrogens with zero attached hydrogens (tertiary/aromatic N) is 3. The van der Waals surface area contributed by atoms with Crippen LogP contribution < -0.4 is 10.1 Å². The van der Waals surface area contributed by atoms with Gasteiger partial charge >= 0.3 is 6.18 Å². The molecule has 1 aromatic rings. The van der Waals surface area contributed by atoms with Crippen LogP contribution in [0.1, 0.15) is 24.0 Å². The Morgan fingerprint density at radius 2 is 1.97 bits per heavy atom. The summed E-state index contributed by atoms with van der Waals surface area (Å²) >= 11 is 0. The number of piperazine rings is 1. The third kappa shape index (κ3) is 5.16. The first kappa shape index (κ1) is 22.2. The summed E-state index contributed by atoms with van der Waals surface area (Å²) in [7, 11) is 2.92. The normalized spacial score (nSPS) is 20.4. The fourth-order valence-electron chi connectivity index (χ4n) is 3.72. The molecule has 1 atom stereocenters. The summed E-state index contributed by atoms with van der Waals surface area (Å²) < 4.78 is 50.6. The van der Waals surface area contributed by atoms with Gasteiger partial charge in [0.15, 0.2) is 5.96 Å². The zero-order valence-corrected chi connectivity index (χ0v) is 17.2. The van der Waals surface area contributed by atoms with Crippen LogP contribution in [0.2, 0.25) is 0 Å². The van der Waals surface area contributed by atoms with Gasteiger partial charge < -0.3 is 24.6 Å². The summed E-state index contributed by atoms with van der Waals surface area (Å²) in [4.78, 5) is 20.4. The van der Waals surface area contributed by atoms with Gasteiger partial charge in [0, 0.05) is 46.4 Å². The maximum absolute atomic E-state index is 13.4. The number of nitrogens with one attached hydrogen (secondary N) is 1. The first-order chi connectivity index (χ1) is 14.3. The smallest absolute Gasteiger partial charge is 0.416 e. The lowest BCUT2D eigenvalue weighted by Crippen LogP contribution is -2.55. The van der Waals surface area contributed by atoms with Gasteiger partial charge in [-0.2, -0.15) is 13.2 Å². The van der Waals surface area contributed by atoms with Crippen molar-refractivity contribution in [2.24, 2.45) is 4.99 Å². The number of carbonyl (C=O) groups excluding carboxylic acids is 1. The van der Waals surface area contributed by atoms with E-state index in [0.29, 0.717) is 38.7 Å². The van der Waals surface area contributed by atoms with E-state index >= 15 is 0 Å². The molecule has 1 aromatic carbocycles. The largest absolute Gasteiger partial charge is 0.497 e. The van der Waals surface area contributed by atoms with E-state index in [4.69, 9.17) is 9.47 Å². The van der Waals surface area contributed by atoms with Crippen LogP contribution >= 0.6 is 0 Å². The van der Waals surface area contributed by atoms with Gasteiger partial charge in [0.25, 0.3) is 5.91 Å². The summed E-state index contributed by atoms with van der Waals surface area (Å²) in [6.07, 6.45) is -3.17. The molecular formula is C20H27F3N4O3. The van der Waals surface area contributed by atoms with E-state index in [2.05, 4.69) is 10.3 Å². The zero-order valence-electron chi connectivity index (χ0n) is 17.2. The molecule has 0 aromatic heterocycles. The average Bonchev–Trinajstić information content (AvgIpc) is 3.28. The molecule has 7 nitrogen and oxygen atoms in total. The van der Waals surface area contributed by atoms with Crippen molar-refractivity contribution >= 4 is 11.9 Å². The molecule has 1 unspecified atom stereocenters.